The molecule has 0 spiro atoms. The molecule has 0 unspecified atom stereocenters. The summed E-state index contributed by atoms with van der Waals surface area (Å²) in [4.78, 5) is 18.9. The van der Waals surface area contributed by atoms with Gasteiger partial charge in [-0.2, -0.15) is 4.31 Å². The smallest absolute Gasteiger partial charge is 0.243 e. The van der Waals surface area contributed by atoms with E-state index >= 15 is 0 Å². The predicted octanol–water partition coefficient (Wildman–Crippen LogP) is 2.16. The van der Waals surface area contributed by atoms with Gasteiger partial charge in [0.1, 0.15) is 0 Å². The van der Waals surface area contributed by atoms with E-state index in [0.29, 0.717) is 37.0 Å². The fourth-order valence-electron chi connectivity index (χ4n) is 3.77. The molecule has 2 fully saturated rings. The molecule has 1 aromatic carbocycles. The van der Waals surface area contributed by atoms with Crippen LogP contribution in [0, 0.1) is 0 Å². The van der Waals surface area contributed by atoms with E-state index in [9.17, 15) is 13.2 Å². The minimum atomic E-state index is -3.41. The summed E-state index contributed by atoms with van der Waals surface area (Å²) in [5.41, 5.74) is 0.913. The molecular formula is C21H34IN5O3S. The highest BCUT2D eigenvalue weighted by Gasteiger charge is 2.25. The van der Waals surface area contributed by atoms with Gasteiger partial charge in [0.25, 0.3) is 0 Å². The number of rotatable bonds is 7. The summed E-state index contributed by atoms with van der Waals surface area (Å²) in [5, 5.41) is 6.23. The Morgan fingerprint density at radius 1 is 0.968 bits per heavy atom. The molecule has 1 aromatic rings. The Kier molecular flexibility index (Phi) is 10.5. The number of nitrogens with zero attached hydrogens (tertiary/aromatic N) is 3. The van der Waals surface area contributed by atoms with Crippen molar-refractivity contribution in [1.29, 1.82) is 0 Å². The van der Waals surface area contributed by atoms with Gasteiger partial charge in [-0.25, -0.2) is 13.4 Å². The number of aliphatic imine (C=N–C) groups is 1. The van der Waals surface area contributed by atoms with Crippen LogP contribution in [-0.4, -0.2) is 68.8 Å². The zero-order valence-electron chi connectivity index (χ0n) is 18.2. The summed E-state index contributed by atoms with van der Waals surface area (Å²) in [6, 6.07) is 6.93. The van der Waals surface area contributed by atoms with Crippen molar-refractivity contribution in [3.63, 3.8) is 0 Å². The lowest BCUT2D eigenvalue weighted by Crippen LogP contribution is -2.44. The van der Waals surface area contributed by atoms with Crippen LogP contribution in [0.1, 0.15) is 44.6 Å². The number of amides is 1. The number of hydrogen-bond acceptors (Lipinski definition) is 4. The quantitative estimate of drug-likeness (QED) is 0.302. The maximum Gasteiger partial charge on any atom is 0.243 e. The Balaban J connectivity index is 0.00000341. The summed E-state index contributed by atoms with van der Waals surface area (Å²) < 4.78 is 27.1. The molecule has 2 saturated heterocycles. The fourth-order valence-corrected chi connectivity index (χ4v) is 5.29. The van der Waals surface area contributed by atoms with Gasteiger partial charge in [0, 0.05) is 32.7 Å². The third-order valence-electron chi connectivity index (χ3n) is 5.51. The molecule has 2 aliphatic heterocycles. The second kappa shape index (κ2) is 12.6. The van der Waals surface area contributed by atoms with E-state index in [1.54, 1.807) is 28.6 Å². The third kappa shape index (κ3) is 7.31. The minimum Gasteiger partial charge on any atom is -0.357 e. The first-order valence-electron chi connectivity index (χ1n) is 10.9. The zero-order valence-corrected chi connectivity index (χ0v) is 21.3. The molecule has 0 bridgehead atoms. The first-order valence-corrected chi connectivity index (χ1v) is 12.3. The Hall–Kier alpha value is -1.40. The van der Waals surface area contributed by atoms with Gasteiger partial charge >= 0.3 is 0 Å². The molecule has 10 heteroatoms. The van der Waals surface area contributed by atoms with Crippen molar-refractivity contribution in [2.24, 2.45) is 4.99 Å². The highest BCUT2D eigenvalue weighted by Crippen LogP contribution is 2.21. The number of guanidine groups is 1. The van der Waals surface area contributed by atoms with Crippen LogP contribution < -0.4 is 10.6 Å². The Morgan fingerprint density at radius 3 is 2.19 bits per heavy atom. The molecular weight excluding hydrogens is 529 g/mol. The van der Waals surface area contributed by atoms with Gasteiger partial charge < -0.3 is 15.5 Å². The van der Waals surface area contributed by atoms with Crippen LogP contribution in [-0.2, 0) is 21.4 Å². The van der Waals surface area contributed by atoms with Crippen LogP contribution in [0.25, 0.3) is 0 Å². The van der Waals surface area contributed by atoms with E-state index in [4.69, 9.17) is 0 Å². The van der Waals surface area contributed by atoms with Crippen LogP contribution in [0.4, 0.5) is 0 Å². The largest absolute Gasteiger partial charge is 0.357 e. The number of carbonyl (C=O) groups excluding carboxylic acids is 1. The molecule has 174 valence electrons. The van der Waals surface area contributed by atoms with E-state index in [-0.39, 0.29) is 36.4 Å². The maximum atomic E-state index is 12.8. The van der Waals surface area contributed by atoms with E-state index in [0.717, 1.165) is 50.8 Å². The van der Waals surface area contributed by atoms with E-state index in [1.807, 2.05) is 11.8 Å². The number of halogens is 1. The summed E-state index contributed by atoms with van der Waals surface area (Å²) in [7, 11) is -3.41. The average Bonchev–Trinajstić information content (AvgIpc) is 3.31. The Labute approximate surface area is 202 Å². The van der Waals surface area contributed by atoms with Crippen LogP contribution in [0.15, 0.2) is 34.2 Å². The van der Waals surface area contributed by atoms with Crippen LogP contribution in [0.2, 0.25) is 0 Å². The zero-order chi connectivity index (χ0) is 21.4. The van der Waals surface area contributed by atoms with Crippen molar-refractivity contribution in [3.8, 4) is 0 Å². The highest BCUT2D eigenvalue weighted by molar-refractivity contribution is 14.0. The fraction of sp³-hybridized carbons (Fsp3) is 0.619. The average molecular weight is 564 g/mol. The summed E-state index contributed by atoms with van der Waals surface area (Å²) in [5.74, 6) is 0.667. The highest BCUT2D eigenvalue weighted by atomic mass is 127. The molecule has 0 aromatic heterocycles. The minimum absolute atomic E-state index is 0. The molecule has 0 radical (unpaired) electrons. The number of benzene rings is 1. The molecule has 2 aliphatic rings. The maximum absolute atomic E-state index is 12.8. The van der Waals surface area contributed by atoms with Gasteiger partial charge in [-0.15, -0.1) is 24.0 Å². The predicted molar refractivity (Wildman–Crippen MR) is 133 cm³/mol. The molecule has 2 N–H and O–H groups in total. The number of likely N-dealkylation sites (tertiary alicyclic amines) is 1. The summed E-state index contributed by atoms with van der Waals surface area (Å²) >= 11 is 0. The van der Waals surface area contributed by atoms with E-state index in [1.165, 1.54) is 0 Å². The number of carbonyl (C=O) groups is 1. The van der Waals surface area contributed by atoms with Crippen molar-refractivity contribution < 1.29 is 13.2 Å². The Morgan fingerprint density at radius 2 is 1.58 bits per heavy atom. The first-order chi connectivity index (χ1) is 14.5. The molecule has 2 heterocycles. The normalized spacial score (nSPS) is 17.8. The van der Waals surface area contributed by atoms with Crippen molar-refractivity contribution in [2.45, 2.75) is 50.5 Å². The molecule has 3 rings (SSSR count). The second-order valence-corrected chi connectivity index (χ2v) is 9.68. The van der Waals surface area contributed by atoms with Gasteiger partial charge in [0.05, 0.1) is 18.0 Å². The number of hydrogen-bond donors (Lipinski definition) is 2. The van der Waals surface area contributed by atoms with Crippen molar-refractivity contribution in [3.05, 3.63) is 29.8 Å². The topological polar surface area (TPSA) is 94.1 Å². The first kappa shape index (κ1) is 25.9. The molecule has 0 aliphatic carbocycles. The summed E-state index contributed by atoms with van der Waals surface area (Å²) in [6.07, 6.45) is 5.08. The SMILES string of the molecule is CCNC(=NCc1ccc(S(=O)(=O)N2CCCCC2)cc1)NCC(=O)N1CCCC1.I. The van der Waals surface area contributed by atoms with Gasteiger partial charge in [-0.05, 0) is 50.3 Å². The summed E-state index contributed by atoms with van der Waals surface area (Å²) in [6.45, 7) is 6.15. The molecule has 1 amide bonds. The van der Waals surface area contributed by atoms with Gasteiger partial charge in [-0.3, -0.25) is 4.79 Å². The lowest BCUT2D eigenvalue weighted by molar-refractivity contribution is -0.128. The van der Waals surface area contributed by atoms with Crippen LogP contribution in [0.3, 0.4) is 0 Å². The molecule has 8 nitrogen and oxygen atoms in total. The lowest BCUT2D eigenvalue weighted by atomic mass is 10.2. The van der Waals surface area contributed by atoms with E-state index < -0.39 is 10.0 Å². The standard InChI is InChI=1S/C21H33N5O3S.HI/c1-2-22-21(24-17-20(27)25-12-6-7-13-25)23-16-18-8-10-19(11-9-18)30(28,29)26-14-4-3-5-15-26;/h8-11H,2-7,12-17H2,1H3,(H2,22,23,24);1H. The Bertz CT molecular complexity index is 833. The molecule has 0 saturated carbocycles. The molecule has 0 atom stereocenters. The number of sulfonamides is 1. The monoisotopic (exact) mass is 563 g/mol. The second-order valence-electron chi connectivity index (χ2n) is 7.75. The van der Waals surface area contributed by atoms with E-state index in [2.05, 4.69) is 15.6 Å². The van der Waals surface area contributed by atoms with Gasteiger partial charge in [0.15, 0.2) is 5.96 Å². The number of piperidine rings is 1. The van der Waals surface area contributed by atoms with Crippen LogP contribution >= 0.6 is 24.0 Å². The third-order valence-corrected chi connectivity index (χ3v) is 7.42. The van der Waals surface area contributed by atoms with Crippen molar-refractivity contribution >= 4 is 45.9 Å². The lowest BCUT2D eigenvalue weighted by Gasteiger charge is -2.25. The van der Waals surface area contributed by atoms with Gasteiger partial charge in [0.2, 0.25) is 15.9 Å². The van der Waals surface area contributed by atoms with Crippen LogP contribution in [0.5, 0.6) is 0 Å². The number of nitrogens with one attached hydrogen (secondary N) is 2. The van der Waals surface area contributed by atoms with Crippen molar-refractivity contribution in [1.82, 2.24) is 19.8 Å². The van der Waals surface area contributed by atoms with Crippen molar-refractivity contribution in [2.75, 3.05) is 39.3 Å². The van der Waals surface area contributed by atoms with Gasteiger partial charge in [-0.1, -0.05) is 18.6 Å². The molecule has 31 heavy (non-hydrogen) atoms.